The van der Waals surface area contributed by atoms with Crippen molar-refractivity contribution in [3.63, 3.8) is 0 Å². The van der Waals surface area contributed by atoms with E-state index in [2.05, 4.69) is 10.2 Å². The van der Waals surface area contributed by atoms with Crippen LogP contribution in [-0.4, -0.2) is 62.4 Å². The van der Waals surface area contributed by atoms with Crippen LogP contribution in [0.2, 0.25) is 0 Å². The predicted molar refractivity (Wildman–Crippen MR) is 107 cm³/mol. The van der Waals surface area contributed by atoms with E-state index in [1.54, 1.807) is 13.2 Å². The summed E-state index contributed by atoms with van der Waals surface area (Å²) in [7, 11) is 1.61. The summed E-state index contributed by atoms with van der Waals surface area (Å²) in [6.07, 6.45) is 8.48. The van der Waals surface area contributed by atoms with Crippen molar-refractivity contribution in [1.29, 1.82) is 0 Å². The van der Waals surface area contributed by atoms with Crippen molar-refractivity contribution in [2.75, 3.05) is 33.4 Å². The van der Waals surface area contributed by atoms with Gasteiger partial charge in [0.2, 0.25) is 0 Å². The molecular weight excluding hydrogens is 356 g/mol. The Hall–Kier alpha value is -1.79. The number of methoxy groups -OCH3 is 1. The van der Waals surface area contributed by atoms with Crippen LogP contribution in [0.15, 0.2) is 18.2 Å². The van der Waals surface area contributed by atoms with Gasteiger partial charge >= 0.3 is 0 Å². The number of nitrogens with one attached hydrogen (secondary N) is 1. The van der Waals surface area contributed by atoms with Crippen LogP contribution in [-0.2, 0) is 4.74 Å². The van der Waals surface area contributed by atoms with Crippen LogP contribution in [0.4, 0.5) is 0 Å². The molecule has 1 aromatic carbocycles. The maximum absolute atomic E-state index is 12.8. The number of hydrogen-bond acceptors (Lipinski definition) is 5. The Balaban J connectivity index is 1.40. The minimum atomic E-state index is -0.118. The van der Waals surface area contributed by atoms with Gasteiger partial charge in [-0.05, 0) is 50.3 Å². The molecule has 2 aliphatic heterocycles. The number of benzene rings is 1. The molecular formula is C22H32N2O4. The second kappa shape index (κ2) is 9.14. The first-order valence-corrected chi connectivity index (χ1v) is 10.7. The molecule has 1 atom stereocenters. The summed E-state index contributed by atoms with van der Waals surface area (Å²) in [5.41, 5.74) is 0.546. The van der Waals surface area contributed by atoms with E-state index in [0.29, 0.717) is 30.3 Å². The molecule has 0 aromatic heterocycles. The van der Waals surface area contributed by atoms with Crippen molar-refractivity contribution in [1.82, 2.24) is 10.2 Å². The van der Waals surface area contributed by atoms with Crippen molar-refractivity contribution >= 4 is 5.91 Å². The van der Waals surface area contributed by atoms with Crippen molar-refractivity contribution in [3.8, 4) is 11.5 Å². The van der Waals surface area contributed by atoms with Crippen molar-refractivity contribution in [3.05, 3.63) is 23.8 Å². The van der Waals surface area contributed by atoms with Crippen LogP contribution in [0, 0.1) is 0 Å². The van der Waals surface area contributed by atoms with Crippen LogP contribution in [0.5, 0.6) is 11.5 Å². The van der Waals surface area contributed by atoms with E-state index in [4.69, 9.17) is 14.2 Å². The number of ether oxygens (including phenoxy) is 3. The largest absolute Gasteiger partial charge is 0.497 e. The molecule has 6 heteroatoms. The molecule has 1 aromatic rings. The van der Waals surface area contributed by atoms with Crippen molar-refractivity contribution in [2.45, 2.75) is 63.1 Å². The first-order valence-electron chi connectivity index (χ1n) is 10.7. The van der Waals surface area contributed by atoms with Gasteiger partial charge in [-0.15, -0.1) is 0 Å². The van der Waals surface area contributed by atoms with Gasteiger partial charge in [-0.1, -0.05) is 12.8 Å². The number of rotatable bonds is 6. The fourth-order valence-corrected chi connectivity index (χ4v) is 4.64. The average Bonchev–Trinajstić information content (AvgIpc) is 3.43. The molecule has 28 heavy (non-hydrogen) atoms. The minimum absolute atomic E-state index is 0.0706. The molecule has 1 amide bonds. The van der Waals surface area contributed by atoms with Gasteiger partial charge < -0.3 is 24.4 Å². The molecule has 2 saturated heterocycles. The number of likely N-dealkylation sites (tertiary alicyclic amines) is 1. The summed E-state index contributed by atoms with van der Waals surface area (Å²) < 4.78 is 17.0. The highest BCUT2D eigenvalue weighted by molar-refractivity contribution is 5.97. The third kappa shape index (κ3) is 4.61. The normalized spacial score (nSPS) is 24.4. The molecule has 1 N–H and O–H groups in total. The van der Waals surface area contributed by atoms with Crippen molar-refractivity contribution < 1.29 is 19.0 Å². The molecule has 6 nitrogen and oxygen atoms in total. The Bertz CT molecular complexity index is 661. The molecule has 154 valence electrons. The second-order valence-corrected chi connectivity index (χ2v) is 8.19. The Morgan fingerprint density at radius 2 is 1.93 bits per heavy atom. The van der Waals surface area contributed by atoms with Gasteiger partial charge in [0.25, 0.3) is 5.91 Å². The fourth-order valence-electron chi connectivity index (χ4n) is 4.64. The van der Waals surface area contributed by atoms with E-state index in [-0.39, 0.29) is 18.1 Å². The molecule has 3 aliphatic rings. The van der Waals surface area contributed by atoms with Gasteiger partial charge in [-0.3, -0.25) is 4.79 Å². The van der Waals surface area contributed by atoms with Gasteiger partial charge in [0.1, 0.15) is 17.6 Å². The average molecular weight is 389 g/mol. The highest BCUT2D eigenvalue weighted by Gasteiger charge is 2.29. The lowest BCUT2D eigenvalue weighted by Gasteiger charge is -2.36. The molecule has 0 bridgehead atoms. The van der Waals surface area contributed by atoms with Crippen LogP contribution in [0.1, 0.15) is 55.3 Å². The van der Waals surface area contributed by atoms with E-state index < -0.39 is 0 Å². The topological polar surface area (TPSA) is 60.0 Å². The van der Waals surface area contributed by atoms with Crippen LogP contribution < -0.4 is 14.8 Å². The van der Waals surface area contributed by atoms with E-state index in [0.717, 1.165) is 38.4 Å². The third-order valence-electron chi connectivity index (χ3n) is 6.31. The van der Waals surface area contributed by atoms with Crippen LogP contribution in [0.25, 0.3) is 0 Å². The molecule has 0 spiro atoms. The van der Waals surface area contributed by atoms with E-state index >= 15 is 0 Å². The molecule has 4 rings (SSSR count). The smallest absolute Gasteiger partial charge is 0.255 e. The monoisotopic (exact) mass is 388 g/mol. The highest BCUT2D eigenvalue weighted by Crippen LogP contribution is 2.30. The molecule has 0 unspecified atom stereocenters. The Morgan fingerprint density at radius 3 is 2.61 bits per heavy atom. The summed E-state index contributed by atoms with van der Waals surface area (Å²) in [6, 6.07) is 6.34. The summed E-state index contributed by atoms with van der Waals surface area (Å²) in [6.45, 7) is 3.45. The SMILES string of the molecule is COc1ccc(OC2CCN(C3CCCC3)CC2)c(C(=O)N[C@@H]2CCOC2)c1. The standard InChI is InChI=1S/C22H32N2O4/c1-26-19-6-7-21(20(14-19)22(25)23-16-10-13-27-15-16)28-18-8-11-24(12-9-18)17-4-2-3-5-17/h6-7,14,16-18H,2-5,8-13,15H2,1H3,(H,23,25)/t16-/m1/s1. The number of piperidine rings is 1. The van der Waals surface area contributed by atoms with Gasteiger partial charge in [0, 0.05) is 25.7 Å². The van der Waals surface area contributed by atoms with Gasteiger partial charge in [-0.25, -0.2) is 0 Å². The first kappa shape index (κ1) is 19.5. The molecule has 2 heterocycles. The number of carbonyl (C=O) groups excluding carboxylic acids is 1. The van der Waals surface area contributed by atoms with Gasteiger partial charge in [0.05, 0.1) is 25.3 Å². The number of amides is 1. The summed E-state index contributed by atoms with van der Waals surface area (Å²) in [4.78, 5) is 15.5. The zero-order chi connectivity index (χ0) is 19.3. The molecule has 1 aliphatic carbocycles. The maximum Gasteiger partial charge on any atom is 0.255 e. The van der Waals surface area contributed by atoms with E-state index in [1.165, 1.54) is 25.7 Å². The minimum Gasteiger partial charge on any atom is -0.497 e. The lowest BCUT2D eigenvalue weighted by atomic mass is 10.0. The molecule has 3 fully saturated rings. The first-order chi connectivity index (χ1) is 13.7. The quantitative estimate of drug-likeness (QED) is 0.812. The summed E-state index contributed by atoms with van der Waals surface area (Å²) in [5, 5.41) is 3.06. The van der Waals surface area contributed by atoms with Crippen molar-refractivity contribution in [2.24, 2.45) is 0 Å². The van der Waals surface area contributed by atoms with Crippen LogP contribution >= 0.6 is 0 Å². The third-order valence-corrected chi connectivity index (χ3v) is 6.31. The maximum atomic E-state index is 12.8. The Morgan fingerprint density at radius 1 is 1.14 bits per heavy atom. The Labute approximate surface area is 167 Å². The predicted octanol–water partition coefficient (Wildman–Crippen LogP) is 3.00. The van der Waals surface area contributed by atoms with E-state index in [9.17, 15) is 4.79 Å². The summed E-state index contributed by atoms with van der Waals surface area (Å²) >= 11 is 0. The van der Waals surface area contributed by atoms with Gasteiger partial charge in [0.15, 0.2) is 0 Å². The van der Waals surface area contributed by atoms with E-state index in [1.807, 2.05) is 12.1 Å². The fraction of sp³-hybridized carbons (Fsp3) is 0.682. The Kier molecular flexibility index (Phi) is 6.37. The zero-order valence-corrected chi connectivity index (χ0v) is 16.8. The molecule has 1 saturated carbocycles. The number of carbonyl (C=O) groups is 1. The highest BCUT2D eigenvalue weighted by atomic mass is 16.5. The second-order valence-electron chi connectivity index (χ2n) is 8.19. The number of hydrogen-bond donors (Lipinski definition) is 1. The summed E-state index contributed by atoms with van der Waals surface area (Å²) in [5.74, 6) is 1.19. The lowest BCUT2D eigenvalue weighted by Crippen LogP contribution is -2.43. The van der Waals surface area contributed by atoms with Crippen LogP contribution in [0.3, 0.4) is 0 Å². The lowest BCUT2D eigenvalue weighted by molar-refractivity contribution is 0.0747. The molecule has 0 radical (unpaired) electrons. The van der Waals surface area contributed by atoms with Gasteiger partial charge in [-0.2, -0.15) is 0 Å². The number of nitrogens with zero attached hydrogens (tertiary/aromatic N) is 1. The zero-order valence-electron chi connectivity index (χ0n) is 16.8.